The van der Waals surface area contributed by atoms with Gasteiger partial charge in [0.15, 0.2) is 0 Å². The van der Waals surface area contributed by atoms with E-state index in [0.29, 0.717) is 5.56 Å². The zero-order valence-corrected chi connectivity index (χ0v) is 11.8. The van der Waals surface area contributed by atoms with Crippen LogP contribution in [0.25, 0.3) is 0 Å². The Labute approximate surface area is 111 Å². The summed E-state index contributed by atoms with van der Waals surface area (Å²) >= 11 is 1.76. The highest BCUT2D eigenvalue weighted by atomic mass is 32.1. The van der Waals surface area contributed by atoms with Gasteiger partial charge < -0.3 is 9.67 Å². The summed E-state index contributed by atoms with van der Waals surface area (Å²) in [6.07, 6.45) is 0. The summed E-state index contributed by atoms with van der Waals surface area (Å²) in [5.74, 6) is -0.857. The predicted molar refractivity (Wildman–Crippen MR) is 73.7 cm³/mol. The van der Waals surface area contributed by atoms with Crippen LogP contribution in [0.2, 0.25) is 0 Å². The number of thiophene rings is 1. The van der Waals surface area contributed by atoms with E-state index in [2.05, 4.69) is 30.5 Å². The van der Waals surface area contributed by atoms with Crippen LogP contribution in [-0.4, -0.2) is 15.6 Å². The van der Waals surface area contributed by atoms with Crippen molar-refractivity contribution in [2.75, 3.05) is 0 Å². The Bertz CT molecular complexity index is 595. The number of nitrogens with zero attached hydrogens (tertiary/aromatic N) is 1. The smallest absolute Gasteiger partial charge is 0.337 e. The molecule has 18 heavy (non-hydrogen) atoms. The molecule has 0 saturated carbocycles. The van der Waals surface area contributed by atoms with Gasteiger partial charge in [0.05, 0.1) is 11.6 Å². The van der Waals surface area contributed by atoms with E-state index in [-0.39, 0.29) is 6.04 Å². The summed E-state index contributed by atoms with van der Waals surface area (Å²) in [5.41, 5.74) is 2.20. The molecule has 0 aliphatic carbocycles. The number of aromatic carboxylic acids is 1. The Morgan fingerprint density at radius 2 is 2.00 bits per heavy atom. The molecule has 1 N–H and O–H groups in total. The van der Waals surface area contributed by atoms with Gasteiger partial charge in [-0.25, -0.2) is 4.79 Å². The van der Waals surface area contributed by atoms with Gasteiger partial charge in [0.25, 0.3) is 0 Å². The Morgan fingerprint density at radius 1 is 1.33 bits per heavy atom. The van der Waals surface area contributed by atoms with Gasteiger partial charge in [0.1, 0.15) is 0 Å². The van der Waals surface area contributed by atoms with Crippen molar-refractivity contribution in [3.05, 3.63) is 44.9 Å². The highest BCUT2D eigenvalue weighted by Gasteiger charge is 2.19. The van der Waals surface area contributed by atoms with E-state index < -0.39 is 5.97 Å². The normalized spacial score (nSPS) is 12.7. The van der Waals surface area contributed by atoms with Crippen LogP contribution in [0.15, 0.2) is 18.2 Å². The lowest BCUT2D eigenvalue weighted by Gasteiger charge is -2.17. The topological polar surface area (TPSA) is 42.2 Å². The maximum absolute atomic E-state index is 11.1. The summed E-state index contributed by atoms with van der Waals surface area (Å²) in [5, 5.41) is 9.15. The van der Waals surface area contributed by atoms with Crippen LogP contribution in [0.1, 0.15) is 44.5 Å². The second kappa shape index (κ2) is 4.61. The summed E-state index contributed by atoms with van der Waals surface area (Å²) < 4.78 is 2.09. The highest BCUT2D eigenvalue weighted by Crippen LogP contribution is 2.29. The zero-order valence-electron chi connectivity index (χ0n) is 11.0. The maximum Gasteiger partial charge on any atom is 0.337 e. The molecule has 0 radical (unpaired) electrons. The molecule has 1 atom stereocenters. The van der Waals surface area contributed by atoms with Crippen molar-refractivity contribution in [3.63, 3.8) is 0 Å². The van der Waals surface area contributed by atoms with Crippen molar-refractivity contribution in [3.8, 4) is 0 Å². The number of rotatable bonds is 3. The molecule has 96 valence electrons. The average Bonchev–Trinajstić information content (AvgIpc) is 2.83. The summed E-state index contributed by atoms with van der Waals surface area (Å²) in [6.45, 7) is 8.01. The van der Waals surface area contributed by atoms with Crippen molar-refractivity contribution in [2.24, 2.45) is 0 Å². The van der Waals surface area contributed by atoms with Crippen molar-refractivity contribution in [1.82, 2.24) is 4.57 Å². The molecule has 2 heterocycles. The summed E-state index contributed by atoms with van der Waals surface area (Å²) in [7, 11) is 0. The Hall–Kier alpha value is -1.55. The molecule has 0 amide bonds. The minimum absolute atomic E-state index is 0.178. The van der Waals surface area contributed by atoms with Crippen LogP contribution in [0.5, 0.6) is 0 Å². The minimum atomic E-state index is -0.857. The van der Waals surface area contributed by atoms with Crippen molar-refractivity contribution in [2.45, 2.75) is 33.7 Å². The number of carboxylic acids is 1. The maximum atomic E-state index is 11.1. The highest BCUT2D eigenvalue weighted by molar-refractivity contribution is 7.12. The number of hydrogen-bond donors (Lipinski definition) is 1. The van der Waals surface area contributed by atoms with Gasteiger partial charge in [-0.15, -0.1) is 11.3 Å². The summed E-state index contributed by atoms with van der Waals surface area (Å²) in [6, 6.07) is 6.14. The number of carboxylic acid groups (broad SMARTS) is 1. The number of aryl methyl sites for hydroxylation is 2. The first-order valence-electron chi connectivity index (χ1n) is 5.90. The fraction of sp³-hybridized carbons (Fsp3) is 0.357. The molecule has 2 aromatic heterocycles. The molecule has 0 saturated heterocycles. The molecule has 0 spiro atoms. The van der Waals surface area contributed by atoms with Crippen LogP contribution in [0.4, 0.5) is 0 Å². The lowest BCUT2D eigenvalue weighted by atomic mass is 10.2. The summed E-state index contributed by atoms with van der Waals surface area (Å²) in [4.78, 5) is 13.7. The standard InChI is InChI=1S/C14H17NO2S/c1-8-7-12(14(16)17)10(3)15(8)11(4)13-6-5-9(2)18-13/h5-7,11H,1-4H3,(H,16,17). The quantitative estimate of drug-likeness (QED) is 0.915. The van der Waals surface area contributed by atoms with Gasteiger partial charge in [-0.1, -0.05) is 0 Å². The van der Waals surface area contributed by atoms with E-state index in [1.54, 1.807) is 17.4 Å². The first-order chi connectivity index (χ1) is 8.41. The van der Waals surface area contributed by atoms with Gasteiger partial charge in [-0.05, 0) is 45.9 Å². The Morgan fingerprint density at radius 3 is 2.44 bits per heavy atom. The van der Waals surface area contributed by atoms with Gasteiger partial charge in [-0.2, -0.15) is 0 Å². The monoisotopic (exact) mass is 263 g/mol. The molecule has 2 rings (SSSR count). The SMILES string of the molecule is Cc1ccc(C(C)n2c(C)cc(C(=O)O)c2C)s1. The average molecular weight is 263 g/mol. The molecule has 0 aliphatic rings. The molecular weight excluding hydrogens is 246 g/mol. The molecule has 1 unspecified atom stereocenters. The molecule has 0 aliphatic heterocycles. The largest absolute Gasteiger partial charge is 0.478 e. The van der Waals surface area contributed by atoms with Crippen molar-refractivity contribution < 1.29 is 9.90 Å². The number of carbonyl (C=O) groups is 1. The number of aromatic nitrogens is 1. The fourth-order valence-electron chi connectivity index (χ4n) is 2.39. The van der Waals surface area contributed by atoms with Gasteiger partial charge in [-0.3, -0.25) is 0 Å². The second-order valence-electron chi connectivity index (χ2n) is 4.58. The molecule has 0 aromatic carbocycles. The molecule has 0 fully saturated rings. The zero-order chi connectivity index (χ0) is 13.4. The van der Waals surface area contributed by atoms with E-state index in [1.165, 1.54) is 9.75 Å². The first-order valence-corrected chi connectivity index (χ1v) is 6.71. The van der Waals surface area contributed by atoms with E-state index in [0.717, 1.165) is 11.4 Å². The lowest BCUT2D eigenvalue weighted by molar-refractivity contribution is 0.0696. The van der Waals surface area contributed by atoms with Crippen LogP contribution in [0.3, 0.4) is 0 Å². The van der Waals surface area contributed by atoms with Crippen LogP contribution in [0, 0.1) is 20.8 Å². The predicted octanol–water partition coefficient (Wildman–Crippen LogP) is 3.78. The van der Waals surface area contributed by atoms with Gasteiger partial charge >= 0.3 is 5.97 Å². The molecular formula is C14H17NO2S. The minimum Gasteiger partial charge on any atom is -0.478 e. The Balaban J connectivity index is 2.48. The van der Waals surface area contributed by atoms with Gasteiger partial charge in [0, 0.05) is 21.1 Å². The third-order valence-corrected chi connectivity index (χ3v) is 4.45. The fourth-order valence-corrected chi connectivity index (χ4v) is 3.31. The van der Waals surface area contributed by atoms with E-state index in [4.69, 9.17) is 5.11 Å². The molecule has 2 aromatic rings. The van der Waals surface area contributed by atoms with E-state index in [1.807, 2.05) is 13.8 Å². The Kier molecular flexibility index (Phi) is 3.30. The molecule has 4 heteroatoms. The molecule has 3 nitrogen and oxygen atoms in total. The first kappa shape index (κ1) is 12.9. The van der Waals surface area contributed by atoms with E-state index >= 15 is 0 Å². The van der Waals surface area contributed by atoms with Crippen molar-refractivity contribution in [1.29, 1.82) is 0 Å². The van der Waals surface area contributed by atoms with Crippen LogP contribution in [-0.2, 0) is 0 Å². The van der Waals surface area contributed by atoms with Crippen molar-refractivity contribution >= 4 is 17.3 Å². The lowest BCUT2D eigenvalue weighted by Crippen LogP contribution is -2.10. The second-order valence-corrected chi connectivity index (χ2v) is 5.90. The number of hydrogen-bond acceptors (Lipinski definition) is 2. The van der Waals surface area contributed by atoms with Crippen LogP contribution >= 0.6 is 11.3 Å². The van der Waals surface area contributed by atoms with E-state index in [9.17, 15) is 4.79 Å². The third kappa shape index (κ3) is 2.08. The third-order valence-electron chi connectivity index (χ3n) is 3.27. The van der Waals surface area contributed by atoms with Crippen LogP contribution < -0.4 is 0 Å². The molecule has 0 bridgehead atoms. The van der Waals surface area contributed by atoms with Gasteiger partial charge in [0.2, 0.25) is 0 Å².